The van der Waals surface area contributed by atoms with Crippen LogP contribution in [0, 0.1) is 0 Å². The molecule has 0 saturated heterocycles. The molecule has 1 unspecified atom stereocenters. The molecule has 2 aromatic rings. The molecule has 1 aromatic heterocycles. The van der Waals surface area contributed by atoms with Gasteiger partial charge in [-0.2, -0.15) is 0 Å². The van der Waals surface area contributed by atoms with Gasteiger partial charge >= 0.3 is 0 Å². The van der Waals surface area contributed by atoms with E-state index in [0.717, 1.165) is 12.2 Å². The number of hydrogen-bond acceptors (Lipinski definition) is 4. The van der Waals surface area contributed by atoms with Crippen LogP contribution in [0.15, 0.2) is 42.2 Å². The second-order valence-corrected chi connectivity index (χ2v) is 4.76. The van der Waals surface area contributed by atoms with E-state index in [-0.39, 0.29) is 6.04 Å². The maximum atomic E-state index is 3.90. The second kappa shape index (κ2) is 6.24. The lowest BCUT2D eigenvalue weighted by molar-refractivity contribution is 0.615. The fourth-order valence-corrected chi connectivity index (χ4v) is 1.77. The van der Waals surface area contributed by atoms with Gasteiger partial charge < -0.3 is 5.32 Å². The van der Waals surface area contributed by atoms with Crippen molar-refractivity contribution < 1.29 is 0 Å². The number of hydrogen-bond donors (Lipinski definition) is 1. The molecule has 2 rings (SSSR count). The van der Waals surface area contributed by atoms with Crippen molar-refractivity contribution in [1.29, 1.82) is 0 Å². The first kappa shape index (κ1) is 13.4. The van der Waals surface area contributed by atoms with Gasteiger partial charge in [0.2, 0.25) is 0 Å². The molecule has 0 fully saturated rings. The van der Waals surface area contributed by atoms with Crippen LogP contribution >= 0.6 is 0 Å². The van der Waals surface area contributed by atoms with Crippen molar-refractivity contribution in [2.75, 3.05) is 6.54 Å². The average molecular weight is 257 g/mol. The molecule has 100 valence electrons. The van der Waals surface area contributed by atoms with Gasteiger partial charge in [-0.05, 0) is 48.9 Å². The van der Waals surface area contributed by atoms with E-state index in [1.165, 1.54) is 11.1 Å². The Hall–Kier alpha value is -2.01. The Morgan fingerprint density at radius 2 is 2.26 bits per heavy atom. The SMILES string of the molecule is CC(C)=CCNC(C)c1cccc(-n2cnnn2)c1. The van der Waals surface area contributed by atoms with Crippen molar-refractivity contribution in [3.05, 3.63) is 47.8 Å². The van der Waals surface area contributed by atoms with Crippen LogP contribution in [0.3, 0.4) is 0 Å². The molecule has 0 amide bonds. The monoisotopic (exact) mass is 257 g/mol. The third kappa shape index (κ3) is 3.72. The van der Waals surface area contributed by atoms with Crippen LogP contribution in [0.4, 0.5) is 0 Å². The van der Waals surface area contributed by atoms with Crippen LogP contribution < -0.4 is 5.32 Å². The molecule has 1 aromatic carbocycles. The van der Waals surface area contributed by atoms with Crippen LogP contribution in [0.2, 0.25) is 0 Å². The lowest BCUT2D eigenvalue weighted by atomic mass is 10.1. The Morgan fingerprint density at radius 3 is 2.95 bits per heavy atom. The van der Waals surface area contributed by atoms with Gasteiger partial charge in [-0.3, -0.25) is 0 Å². The highest BCUT2D eigenvalue weighted by molar-refractivity contribution is 5.35. The smallest absolute Gasteiger partial charge is 0.143 e. The molecule has 0 bridgehead atoms. The van der Waals surface area contributed by atoms with E-state index < -0.39 is 0 Å². The highest BCUT2D eigenvalue weighted by Crippen LogP contribution is 2.15. The first-order valence-corrected chi connectivity index (χ1v) is 6.37. The van der Waals surface area contributed by atoms with E-state index in [4.69, 9.17) is 0 Å². The summed E-state index contributed by atoms with van der Waals surface area (Å²) in [5.41, 5.74) is 3.51. The minimum absolute atomic E-state index is 0.284. The Balaban J connectivity index is 2.08. The second-order valence-electron chi connectivity index (χ2n) is 4.76. The van der Waals surface area contributed by atoms with Crippen molar-refractivity contribution in [3.63, 3.8) is 0 Å². The molecule has 0 aliphatic carbocycles. The standard InChI is InChI=1S/C14H19N5/c1-11(2)7-8-15-12(3)13-5-4-6-14(9-13)19-10-16-17-18-19/h4-7,9-10,12,15H,8H2,1-3H3. The highest BCUT2D eigenvalue weighted by atomic mass is 15.5. The van der Waals surface area contributed by atoms with Crippen LogP contribution in [0.25, 0.3) is 5.69 Å². The van der Waals surface area contributed by atoms with Gasteiger partial charge in [-0.25, -0.2) is 4.68 Å². The predicted molar refractivity (Wildman–Crippen MR) is 75.0 cm³/mol. The number of aromatic nitrogens is 4. The predicted octanol–water partition coefficient (Wildman–Crippen LogP) is 2.28. The van der Waals surface area contributed by atoms with Crippen LogP contribution in [0.1, 0.15) is 32.4 Å². The summed E-state index contributed by atoms with van der Waals surface area (Å²) in [5, 5.41) is 14.7. The molecule has 19 heavy (non-hydrogen) atoms. The maximum Gasteiger partial charge on any atom is 0.143 e. The minimum Gasteiger partial charge on any atom is -0.307 e. The average Bonchev–Trinajstić information content (AvgIpc) is 2.92. The zero-order chi connectivity index (χ0) is 13.7. The maximum absolute atomic E-state index is 3.90. The Kier molecular flexibility index (Phi) is 4.41. The molecule has 0 aliphatic heterocycles. The molecule has 1 atom stereocenters. The molecule has 0 radical (unpaired) electrons. The summed E-state index contributed by atoms with van der Waals surface area (Å²) in [6, 6.07) is 8.49. The third-order valence-electron chi connectivity index (χ3n) is 2.92. The van der Waals surface area contributed by atoms with E-state index in [1.54, 1.807) is 11.0 Å². The minimum atomic E-state index is 0.284. The lowest BCUT2D eigenvalue weighted by Crippen LogP contribution is -2.18. The Morgan fingerprint density at radius 1 is 1.42 bits per heavy atom. The summed E-state index contributed by atoms with van der Waals surface area (Å²) in [6.45, 7) is 7.23. The Bertz CT molecular complexity index is 541. The number of allylic oxidation sites excluding steroid dienone is 1. The number of benzene rings is 1. The molecule has 0 saturated carbocycles. The Labute approximate surface area is 113 Å². The zero-order valence-corrected chi connectivity index (χ0v) is 11.5. The van der Waals surface area contributed by atoms with Gasteiger partial charge in [0.05, 0.1) is 5.69 Å². The number of rotatable bonds is 5. The lowest BCUT2D eigenvalue weighted by Gasteiger charge is -2.14. The van der Waals surface area contributed by atoms with E-state index in [0.29, 0.717) is 0 Å². The first-order valence-electron chi connectivity index (χ1n) is 6.37. The van der Waals surface area contributed by atoms with Crippen LogP contribution in [-0.4, -0.2) is 26.8 Å². The number of nitrogens with zero attached hydrogens (tertiary/aromatic N) is 4. The highest BCUT2D eigenvalue weighted by Gasteiger charge is 2.06. The van der Waals surface area contributed by atoms with Crippen LogP contribution in [0.5, 0.6) is 0 Å². The largest absolute Gasteiger partial charge is 0.307 e. The summed E-state index contributed by atoms with van der Waals surface area (Å²) in [6.07, 6.45) is 3.78. The molecule has 0 aliphatic rings. The molecule has 1 N–H and O–H groups in total. The quantitative estimate of drug-likeness (QED) is 0.835. The normalized spacial score (nSPS) is 12.2. The summed E-state index contributed by atoms with van der Waals surface area (Å²) in [7, 11) is 0. The molecule has 1 heterocycles. The molecule has 5 heteroatoms. The van der Waals surface area contributed by atoms with Gasteiger partial charge in [0.1, 0.15) is 6.33 Å². The first-order chi connectivity index (χ1) is 9.16. The van der Waals surface area contributed by atoms with Gasteiger partial charge in [0, 0.05) is 12.6 Å². The summed E-state index contributed by atoms with van der Waals surface area (Å²) in [4.78, 5) is 0. The fourth-order valence-electron chi connectivity index (χ4n) is 1.77. The molecular weight excluding hydrogens is 238 g/mol. The van der Waals surface area contributed by atoms with Crippen molar-refractivity contribution in [1.82, 2.24) is 25.5 Å². The molecule has 5 nitrogen and oxygen atoms in total. The summed E-state index contributed by atoms with van der Waals surface area (Å²) in [5.74, 6) is 0. The number of nitrogens with one attached hydrogen (secondary N) is 1. The van der Waals surface area contributed by atoms with Gasteiger partial charge in [0.15, 0.2) is 0 Å². The van der Waals surface area contributed by atoms with Crippen molar-refractivity contribution in [2.45, 2.75) is 26.8 Å². The van der Waals surface area contributed by atoms with Gasteiger partial charge in [-0.15, -0.1) is 5.10 Å². The van der Waals surface area contributed by atoms with E-state index in [2.05, 4.69) is 59.8 Å². The summed E-state index contributed by atoms with van der Waals surface area (Å²) < 4.78 is 1.66. The van der Waals surface area contributed by atoms with Crippen LogP contribution in [-0.2, 0) is 0 Å². The van der Waals surface area contributed by atoms with E-state index in [1.807, 2.05) is 12.1 Å². The van der Waals surface area contributed by atoms with Crippen molar-refractivity contribution >= 4 is 0 Å². The molecular formula is C14H19N5. The van der Waals surface area contributed by atoms with E-state index in [9.17, 15) is 0 Å². The number of tetrazole rings is 1. The zero-order valence-electron chi connectivity index (χ0n) is 11.5. The van der Waals surface area contributed by atoms with Gasteiger partial charge in [-0.1, -0.05) is 23.8 Å². The third-order valence-corrected chi connectivity index (χ3v) is 2.92. The molecule has 0 spiro atoms. The summed E-state index contributed by atoms with van der Waals surface area (Å²) >= 11 is 0. The van der Waals surface area contributed by atoms with Crippen molar-refractivity contribution in [2.24, 2.45) is 0 Å². The topological polar surface area (TPSA) is 55.6 Å². The van der Waals surface area contributed by atoms with E-state index >= 15 is 0 Å². The van der Waals surface area contributed by atoms with Gasteiger partial charge in [0.25, 0.3) is 0 Å². The fraction of sp³-hybridized carbons (Fsp3) is 0.357. The van der Waals surface area contributed by atoms with Crippen molar-refractivity contribution in [3.8, 4) is 5.69 Å².